The number of methoxy groups -OCH3 is 1. The molecule has 1 aliphatic rings. The van der Waals surface area contributed by atoms with E-state index in [-0.39, 0.29) is 18.0 Å². The summed E-state index contributed by atoms with van der Waals surface area (Å²) in [6.45, 7) is 1.62. The average Bonchev–Trinajstić information content (AvgIpc) is 2.64. The number of rotatable bonds is 4. The second kappa shape index (κ2) is 7.29. The van der Waals surface area contributed by atoms with Gasteiger partial charge in [0.15, 0.2) is 0 Å². The maximum Gasteiger partial charge on any atom is 0.254 e. The van der Waals surface area contributed by atoms with Gasteiger partial charge in [0.2, 0.25) is 5.91 Å². The fourth-order valence-electron chi connectivity index (χ4n) is 2.85. The summed E-state index contributed by atoms with van der Waals surface area (Å²) in [5.74, 6) is 0.731. The van der Waals surface area contributed by atoms with Crippen LogP contribution in [0.2, 0.25) is 0 Å². The number of hydrogen-bond acceptors (Lipinski definition) is 4. The van der Waals surface area contributed by atoms with Crippen LogP contribution in [0.25, 0.3) is 11.3 Å². The van der Waals surface area contributed by atoms with Crippen LogP contribution in [0.15, 0.2) is 41.5 Å². The molecule has 3 rings (SSSR count). The Morgan fingerprint density at radius 2 is 1.88 bits per heavy atom. The van der Waals surface area contributed by atoms with E-state index >= 15 is 0 Å². The van der Waals surface area contributed by atoms with Gasteiger partial charge in [0.25, 0.3) is 5.56 Å². The standard InChI is InChI=1S/C18H21N3O3/c1-24-15-7-5-14(6-8-15)16-11-17(22)21(13-19-16)12-18(23)20-9-3-2-4-10-20/h5-8,11,13H,2-4,9-10,12H2,1H3. The molecule has 1 aliphatic heterocycles. The van der Waals surface area contributed by atoms with Crippen molar-refractivity contribution in [3.8, 4) is 17.0 Å². The minimum absolute atomic E-state index is 0.0178. The molecule has 0 radical (unpaired) electrons. The lowest BCUT2D eigenvalue weighted by atomic mass is 10.1. The quantitative estimate of drug-likeness (QED) is 0.861. The predicted octanol–water partition coefficient (Wildman–Crippen LogP) is 1.93. The van der Waals surface area contributed by atoms with Gasteiger partial charge in [-0.25, -0.2) is 4.98 Å². The van der Waals surface area contributed by atoms with Crippen LogP contribution in [0.5, 0.6) is 5.75 Å². The fourth-order valence-corrected chi connectivity index (χ4v) is 2.85. The van der Waals surface area contributed by atoms with Crippen molar-refractivity contribution in [2.75, 3.05) is 20.2 Å². The van der Waals surface area contributed by atoms with Gasteiger partial charge in [0, 0.05) is 24.7 Å². The van der Waals surface area contributed by atoms with Crippen LogP contribution >= 0.6 is 0 Å². The van der Waals surface area contributed by atoms with Gasteiger partial charge >= 0.3 is 0 Å². The maximum atomic E-state index is 12.3. The van der Waals surface area contributed by atoms with Crippen molar-refractivity contribution in [1.29, 1.82) is 0 Å². The van der Waals surface area contributed by atoms with E-state index in [0.717, 1.165) is 37.2 Å². The first-order valence-electron chi connectivity index (χ1n) is 8.16. The summed E-state index contributed by atoms with van der Waals surface area (Å²) in [6.07, 6.45) is 4.69. The molecule has 1 aromatic carbocycles. The molecular weight excluding hydrogens is 306 g/mol. The second-order valence-electron chi connectivity index (χ2n) is 5.91. The molecule has 1 saturated heterocycles. The van der Waals surface area contributed by atoms with Crippen molar-refractivity contribution >= 4 is 5.91 Å². The molecule has 0 unspecified atom stereocenters. The van der Waals surface area contributed by atoms with E-state index in [4.69, 9.17) is 4.74 Å². The van der Waals surface area contributed by atoms with Gasteiger partial charge in [-0.2, -0.15) is 0 Å². The molecule has 0 aliphatic carbocycles. The smallest absolute Gasteiger partial charge is 0.254 e. The number of likely N-dealkylation sites (tertiary alicyclic amines) is 1. The van der Waals surface area contributed by atoms with Gasteiger partial charge in [-0.1, -0.05) is 0 Å². The van der Waals surface area contributed by atoms with Gasteiger partial charge in [0.1, 0.15) is 12.3 Å². The minimum atomic E-state index is -0.221. The number of carbonyl (C=O) groups excluding carboxylic acids is 1. The van der Waals surface area contributed by atoms with E-state index in [0.29, 0.717) is 5.69 Å². The molecule has 24 heavy (non-hydrogen) atoms. The lowest BCUT2D eigenvalue weighted by Gasteiger charge is -2.26. The highest BCUT2D eigenvalue weighted by atomic mass is 16.5. The van der Waals surface area contributed by atoms with E-state index in [1.807, 2.05) is 29.2 Å². The third-order valence-corrected chi connectivity index (χ3v) is 4.28. The van der Waals surface area contributed by atoms with Gasteiger partial charge < -0.3 is 9.64 Å². The molecule has 0 N–H and O–H groups in total. The van der Waals surface area contributed by atoms with Crippen molar-refractivity contribution in [3.63, 3.8) is 0 Å². The summed E-state index contributed by atoms with van der Waals surface area (Å²) in [7, 11) is 1.60. The molecule has 1 aromatic heterocycles. The van der Waals surface area contributed by atoms with E-state index < -0.39 is 0 Å². The number of nitrogens with zero attached hydrogens (tertiary/aromatic N) is 3. The molecule has 0 spiro atoms. The molecule has 2 heterocycles. The highest BCUT2D eigenvalue weighted by Crippen LogP contribution is 2.19. The summed E-state index contributed by atoms with van der Waals surface area (Å²) < 4.78 is 6.49. The SMILES string of the molecule is COc1ccc(-c2cc(=O)n(CC(=O)N3CCCCC3)cn2)cc1. The largest absolute Gasteiger partial charge is 0.497 e. The highest BCUT2D eigenvalue weighted by molar-refractivity contribution is 5.76. The van der Waals surface area contributed by atoms with Gasteiger partial charge in [-0.15, -0.1) is 0 Å². The first kappa shape index (κ1) is 16.2. The van der Waals surface area contributed by atoms with Gasteiger partial charge in [0.05, 0.1) is 19.1 Å². The molecule has 0 bridgehead atoms. The fraction of sp³-hybridized carbons (Fsp3) is 0.389. The molecule has 1 fully saturated rings. The molecule has 6 heteroatoms. The average molecular weight is 327 g/mol. The van der Waals surface area contributed by atoms with E-state index in [2.05, 4.69) is 4.98 Å². The zero-order valence-corrected chi connectivity index (χ0v) is 13.8. The number of hydrogen-bond donors (Lipinski definition) is 0. The summed E-state index contributed by atoms with van der Waals surface area (Å²) in [4.78, 5) is 30.7. The maximum absolute atomic E-state index is 12.3. The first-order valence-corrected chi connectivity index (χ1v) is 8.16. The number of amides is 1. The van der Waals surface area contributed by atoms with Crippen LogP contribution in [0.3, 0.4) is 0 Å². The Labute approximate surface area is 140 Å². The summed E-state index contributed by atoms with van der Waals surface area (Å²) in [5.41, 5.74) is 1.20. The zero-order chi connectivity index (χ0) is 16.9. The molecule has 6 nitrogen and oxygen atoms in total. The Balaban J connectivity index is 1.74. The van der Waals surface area contributed by atoms with Crippen LogP contribution in [0.1, 0.15) is 19.3 Å². The number of ether oxygens (including phenoxy) is 1. The second-order valence-corrected chi connectivity index (χ2v) is 5.91. The van der Waals surface area contributed by atoms with E-state index in [1.165, 1.54) is 23.4 Å². The van der Waals surface area contributed by atoms with E-state index in [9.17, 15) is 9.59 Å². The Kier molecular flexibility index (Phi) is 4.93. The Hall–Kier alpha value is -2.63. The van der Waals surface area contributed by atoms with Crippen LogP contribution in [0.4, 0.5) is 0 Å². The first-order chi connectivity index (χ1) is 11.7. The zero-order valence-electron chi connectivity index (χ0n) is 13.8. The summed E-state index contributed by atoms with van der Waals surface area (Å²) >= 11 is 0. The molecule has 0 atom stereocenters. The molecule has 1 amide bonds. The monoisotopic (exact) mass is 327 g/mol. The molecule has 126 valence electrons. The lowest BCUT2D eigenvalue weighted by Crippen LogP contribution is -2.39. The third-order valence-electron chi connectivity index (χ3n) is 4.28. The van der Waals surface area contributed by atoms with Crippen molar-refractivity contribution in [3.05, 3.63) is 47.0 Å². The summed E-state index contributed by atoms with van der Waals surface area (Å²) in [5, 5.41) is 0. The van der Waals surface area contributed by atoms with Crippen molar-refractivity contribution in [2.45, 2.75) is 25.8 Å². The van der Waals surface area contributed by atoms with Crippen LogP contribution in [-0.2, 0) is 11.3 Å². The lowest BCUT2D eigenvalue weighted by molar-refractivity contribution is -0.132. The summed E-state index contributed by atoms with van der Waals surface area (Å²) in [6, 6.07) is 8.81. The predicted molar refractivity (Wildman–Crippen MR) is 90.9 cm³/mol. The third kappa shape index (κ3) is 3.64. The van der Waals surface area contributed by atoms with Crippen LogP contribution in [-0.4, -0.2) is 40.6 Å². The topological polar surface area (TPSA) is 64.4 Å². The molecular formula is C18H21N3O3. The Morgan fingerprint density at radius 3 is 2.50 bits per heavy atom. The number of piperidine rings is 1. The van der Waals surface area contributed by atoms with Gasteiger partial charge in [-0.05, 0) is 43.5 Å². The molecule has 2 aromatic rings. The van der Waals surface area contributed by atoms with Gasteiger partial charge in [-0.3, -0.25) is 14.2 Å². The normalized spacial score (nSPS) is 14.5. The number of aromatic nitrogens is 2. The highest BCUT2D eigenvalue weighted by Gasteiger charge is 2.17. The van der Waals surface area contributed by atoms with E-state index in [1.54, 1.807) is 7.11 Å². The minimum Gasteiger partial charge on any atom is -0.497 e. The van der Waals surface area contributed by atoms with Crippen molar-refractivity contribution in [1.82, 2.24) is 14.5 Å². The Bertz CT molecular complexity index is 762. The molecule has 0 saturated carbocycles. The number of benzene rings is 1. The number of carbonyl (C=O) groups is 1. The van der Waals surface area contributed by atoms with Crippen molar-refractivity contribution < 1.29 is 9.53 Å². The van der Waals surface area contributed by atoms with Crippen LogP contribution < -0.4 is 10.3 Å². The van der Waals surface area contributed by atoms with Crippen LogP contribution in [0, 0.1) is 0 Å². The van der Waals surface area contributed by atoms with Crippen molar-refractivity contribution in [2.24, 2.45) is 0 Å². The Morgan fingerprint density at radius 1 is 1.17 bits per heavy atom.